The Labute approximate surface area is 130 Å². The summed E-state index contributed by atoms with van der Waals surface area (Å²) < 4.78 is 11.3. The molecule has 0 spiro atoms. The molecule has 2 aromatic rings. The largest absolute Gasteiger partial charge is 0.493 e. The number of thiophene rings is 1. The number of nitrogens with one attached hydrogen (secondary N) is 1. The summed E-state index contributed by atoms with van der Waals surface area (Å²) in [4.78, 5) is 0. The van der Waals surface area contributed by atoms with Gasteiger partial charge in [-0.1, -0.05) is 13.0 Å². The van der Waals surface area contributed by atoms with Gasteiger partial charge in [-0.2, -0.15) is 11.3 Å². The van der Waals surface area contributed by atoms with Crippen molar-refractivity contribution in [3.05, 3.63) is 46.2 Å². The molecule has 0 saturated heterocycles. The zero-order valence-corrected chi connectivity index (χ0v) is 13.5. The molecule has 0 unspecified atom stereocenters. The van der Waals surface area contributed by atoms with Crippen LogP contribution in [0, 0.1) is 0 Å². The molecule has 0 aliphatic rings. The van der Waals surface area contributed by atoms with Crippen molar-refractivity contribution in [1.29, 1.82) is 0 Å². The Morgan fingerprint density at radius 3 is 2.76 bits per heavy atom. The van der Waals surface area contributed by atoms with Gasteiger partial charge in [-0.15, -0.1) is 0 Å². The molecule has 21 heavy (non-hydrogen) atoms. The lowest BCUT2D eigenvalue weighted by Crippen LogP contribution is -2.14. The van der Waals surface area contributed by atoms with E-state index in [1.807, 2.05) is 6.07 Å². The molecule has 1 aromatic heterocycles. The number of rotatable bonds is 9. The molecule has 0 fully saturated rings. The van der Waals surface area contributed by atoms with Gasteiger partial charge in [0.05, 0.1) is 13.7 Å². The first-order valence-electron chi connectivity index (χ1n) is 7.35. The molecule has 0 radical (unpaired) electrons. The van der Waals surface area contributed by atoms with Crippen molar-refractivity contribution < 1.29 is 9.47 Å². The van der Waals surface area contributed by atoms with Crippen LogP contribution in [0.25, 0.3) is 0 Å². The molecule has 0 saturated carbocycles. The van der Waals surface area contributed by atoms with E-state index in [4.69, 9.17) is 9.47 Å². The van der Waals surface area contributed by atoms with Gasteiger partial charge in [-0.05, 0) is 53.1 Å². The Balaban J connectivity index is 1.93. The van der Waals surface area contributed by atoms with Gasteiger partial charge in [0.2, 0.25) is 0 Å². The van der Waals surface area contributed by atoms with Crippen molar-refractivity contribution in [2.75, 3.05) is 20.3 Å². The average molecular weight is 305 g/mol. The second-order valence-electron chi connectivity index (χ2n) is 4.89. The van der Waals surface area contributed by atoms with E-state index < -0.39 is 0 Å². The molecule has 3 nitrogen and oxygen atoms in total. The van der Waals surface area contributed by atoms with Gasteiger partial charge in [0, 0.05) is 13.0 Å². The van der Waals surface area contributed by atoms with Crippen LogP contribution in [0.2, 0.25) is 0 Å². The summed E-state index contributed by atoms with van der Waals surface area (Å²) in [7, 11) is 1.68. The number of benzene rings is 1. The van der Waals surface area contributed by atoms with Crippen LogP contribution < -0.4 is 14.8 Å². The monoisotopic (exact) mass is 305 g/mol. The number of ether oxygens (including phenoxy) is 2. The predicted molar refractivity (Wildman–Crippen MR) is 88.5 cm³/mol. The van der Waals surface area contributed by atoms with Crippen LogP contribution in [0.4, 0.5) is 0 Å². The zero-order chi connectivity index (χ0) is 14.9. The van der Waals surface area contributed by atoms with Crippen LogP contribution in [0.15, 0.2) is 35.0 Å². The predicted octanol–water partition coefficient (Wildman–Crippen LogP) is 3.88. The molecular formula is C17H23NO2S. The molecule has 4 heteroatoms. The fourth-order valence-corrected chi connectivity index (χ4v) is 2.77. The molecule has 114 valence electrons. The molecular weight excluding hydrogens is 282 g/mol. The van der Waals surface area contributed by atoms with Crippen molar-refractivity contribution in [3.63, 3.8) is 0 Å². The third-order valence-corrected chi connectivity index (χ3v) is 3.94. The van der Waals surface area contributed by atoms with E-state index in [0.29, 0.717) is 6.61 Å². The smallest absolute Gasteiger partial charge is 0.161 e. The SMILES string of the molecule is CCCNCc1ccc(OC)c(OCCc2ccsc2)c1. The number of hydrogen-bond donors (Lipinski definition) is 1. The standard InChI is InChI=1S/C17H23NO2S/c1-3-8-18-12-15-4-5-16(19-2)17(11-15)20-9-6-14-7-10-21-13-14/h4-5,7,10-11,13,18H,3,6,8-9,12H2,1-2H3. The van der Waals surface area contributed by atoms with Crippen molar-refractivity contribution in [2.45, 2.75) is 26.3 Å². The van der Waals surface area contributed by atoms with Gasteiger partial charge in [0.1, 0.15) is 0 Å². The Morgan fingerprint density at radius 1 is 1.14 bits per heavy atom. The number of hydrogen-bond acceptors (Lipinski definition) is 4. The summed E-state index contributed by atoms with van der Waals surface area (Å²) in [5, 5.41) is 7.65. The number of methoxy groups -OCH3 is 1. The van der Waals surface area contributed by atoms with Crippen LogP contribution in [0.1, 0.15) is 24.5 Å². The van der Waals surface area contributed by atoms with Crippen LogP contribution in [-0.4, -0.2) is 20.3 Å². The van der Waals surface area contributed by atoms with E-state index in [1.54, 1.807) is 18.4 Å². The Kier molecular flexibility index (Phi) is 6.57. The highest BCUT2D eigenvalue weighted by atomic mass is 32.1. The van der Waals surface area contributed by atoms with Gasteiger partial charge < -0.3 is 14.8 Å². The fourth-order valence-electron chi connectivity index (χ4n) is 2.07. The minimum atomic E-state index is 0.666. The molecule has 0 aliphatic heterocycles. The van der Waals surface area contributed by atoms with Crippen molar-refractivity contribution >= 4 is 11.3 Å². The van der Waals surface area contributed by atoms with Crippen LogP contribution in [0.5, 0.6) is 11.5 Å². The van der Waals surface area contributed by atoms with Gasteiger partial charge in [0.25, 0.3) is 0 Å². The van der Waals surface area contributed by atoms with Crippen molar-refractivity contribution in [1.82, 2.24) is 5.32 Å². The minimum Gasteiger partial charge on any atom is -0.493 e. The summed E-state index contributed by atoms with van der Waals surface area (Å²) >= 11 is 1.72. The van der Waals surface area contributed by atoms with E-state index in [-0.39, 0.29) is 0 Å². The lowest BCUT2D eigenvalue weighted by molar-refractivity contribution is 0.297. The Hall–Kier alpha value is -1.52. The molecule has 0 aliphatic carbocycles. The first-order valence-corrected chi connectivity index (χ1v) is 8.29. The minimum absolute atomic E-state index is 0.666. The third kappa shape index (κ3) is 5.06. The zero-order valence-electron chi connectivity index (χ0n) is 12.7. The van der Waals surface area contributed by atoms with E-state index in [2.05, 4.69) is 41.2 Å². The molecule has 0 atom stereocenters. The molecule has 0 amide bonds. The van der Waals surface area contributed by atoms with Crippen LogP contribution in [-0.2, 0) is 13.0 Å². The van der Waals surface area contributed by atoms with Crippen LogP contribution in [0.3, 0.4) is 0 Å². The van der Waals surface area contributed by atoms with E-state index in [1.165, 1.54) is 11.1 Å². The maximum absolute atomic E-state index is 5.90. The van der Waals surface area contributed by atoms with Gasteiger partial charge in [-0.3, -0.25) is 0 Å². The maximum atomic E-state index is 5.90. The van der Waals surface area contributed by atoms with E-state index in [0.717, 1.165) is 37.4 Å². The van der Waals surface area contributed by atoms with E-state index in [9.17, 15) is 0 Å². The lowest BCUT2D eigenvalue weighted by atomic mass is 10.2. The fraction of sp³-hybridized carbons (Fsp3) is 0.412. The Morgan fingerprint density at radius 2 is 2.05 bits per heavy atom. The third-order valence-electron chi connectivity index (χ3n) is 3.21. The summed E-state index contributed by atoms with van der Waals surface area (Å²) in [6.07, 6.45) is 2.06. The topological polar surface area (TPSA) is 30.5 Å². The average Bonchev–Trinajstić information content (AvgIpc) is 3.01. The summed E-state index contributed by atoms with van der Waals surface area (Å²) in [5.74, 6) is 1.61. The highest BCUT2D eigenvalue weighted by molar-refractivity contribution is 7.07. The van der Waals surface area contributed by atoms with Gasteiger partial charge in [0.15, 0.2) is 11.5 Å². The molecule has 2 rings (SSSR count). The summed E-state index contributed by atoms with van der Waals surface area (Å²) in [6, 6.07) is 8.25. The molecule has 1 heterocycles. The second-order valence-corrected chi connectivity index (χ2v) is 5.67. The quantitative estimate of drug-likeness (QED) is 0.713. The first kappa shape index (κ1) is 15.9. The lowest BCUT2D eigenvalue weighted by Gasteiger charge is -2.12. The maximum Gasteiger partial charge on any atom is 0.161 e. The molecule has 1 N–H and O–H groups in total. The van der Waals surface area contributed by atoms with Crippen molar-refractivity contribution in [3.8, 4) is 11.5 Å². The van der Waals surface area contributed by atoms with Gasteiger partial charge >= 0.3 is 0 Å². The summed E-state index contributed by atoms with van der Waals surface area (Å²) in [5.41, 5.74) is 2.54. The molecule has 0 bridgehead atoms. The highest BCUT2D eigenvalue weighted by Gasteiger charge is 2.06. The summed E-state index contributed by atoms with van der Waals surface area (Å²) in [6.45, 7) is 4.72. The van der Waals surface area contributed by atoms with E-state index >= 15 is 0 Å². The Bertz CT molecular complexity index is 526. The van der Waals surface area contributed by atoms with Crippen molar-refractivity contribution in [2.24, 2.45) is 0 Å². The van der Waals surface area contributed by atoms with Crippen LogP contribution >= 0.6 is 11.3 Å². The van der Waals surface area contributed by atoms with Gasteiger partial charge in [-0.25, -0.2) is 0 Å². The highest BCUT2D eigenvalue weighted by Crippen LogP contribution is 2.28. The first-order chi connectivity index (χ1) is 10.3. The second kappa shape index (κ2) is 8.70. The normalized spacial score (nSPS) is 10.6. The molecule has 1 aromatic carbocycles.